The lowest BCUT2D eigenvalue weighted by molar-refractivity contribution is 0.0753. The molecule has 138 valence electrons. The van der Waals surface area contributed by atoms with Crippen LogP contribution in [0.3, 0.4) is 0 Å². The number of hydrogen-bond donors (Lipinski definition) is 1. The Morgan fingerprint density at radius 1 is 1.31 bits per heavy atom. The summed E-state index contributed by atoms with van der Waals surface area (Å²) in [4.78, 5) is 23.0. The van der Waals surface area contributed by atoms with Gasteiger partial charge in [-0.25, -0.2) is 14.6 Å². The molecule has 1 aliphatic rings. The smallest absolute Gasteiger partial charge is 0.275 e. The lowest BCUT2D eigenvalue weighted by atomic mass is 10.3. The lowest BCUT2D eigenvalue weighted by Gasteiger charge is -2.15. The number of H-pyrrole nitrogens is 1. The van der Waals surface area contributed by atoms with Crippen molar-refractivity contribution < 1.29 is 9.53 Å². The van der Waals surface area contributed by atoms with Gasteiger partial charge in [0.2, 0.25) is 0 Å². The van der Waals surface area contributed by atoms with Crippen LogP contribution in [-0.2, 0) is 11.3 Å². The minimum absolute atomic E-state index is 0.0472. The van der Waals surface area contributed by atoms with E-state index in [2.05, 4.69) is 25.3 Å². The van der Waals surface area contributed by atoms with Crippen LogP contribution in [0.25, 0.3) is 16.9 Å². The van der Waals surface area contributed by atoms with Crippen LogP contribution in [0.2, 0.25) is 0 Å². The second-order valence-electron chi connectivity index (χ2n) is 5.75. The summed E-state index contributed by atoms with van der Waals surface area (Å²) in [6, 6.07) is 0. The first-order valence-corrected chi connectivity index (χ1v) is 8.72. The zero-order valence-electron chi connectivity index (χ0n) is 15.5. The molecule has 4 heterocycles. The van der Waals surface area contributed by atoms with E-state index < -0.39 is 0 Å². The molecule has 0 aromatic carbocycles. The molecule has 9 heteroatoms. The van der Waals surface area contributed by atoms with Crippen LogP contribution in [0.15, 0.2) is 12.4 Å². The summed E-state index contributed by atoms with van der Waals surface area (Å²) in [6.07, 6.45) is 4.33. The minimum atomic E-state index is -0.0472. The second kappa shape index (κ2) is 7.61. The van der Waals surface area contributed by atoms with Crippen molar-refractivity contribution >= 4 is 16.9 Å². The molecule has 1 aliphatic heterocycles. The predicted octanol–water partition coefficient (Wildman–Crippen LogP) is 1.87. The van der Waals surface area contributed by atoms with Crippen LogP contribution >= 0.6 is 0 Å². The number of aryl methyl sites for hydroxylation is 1. The molecule has 1 amide bonds. The van der Waals surface area contributed by atoms with E-state index in [0.29, 0.717) is 42.7 Å². The van der Waals surface area contributed by atoms with Crippen molar-refractivity contribution in [3.05, 3.63) is 29.5 Å². The molecule has 9 nitrogen and oxygen atoms in total. The van der Waals surface area contributed by atoms with Crippen LogP contribution in [-0.4, -0.2) is 61.0 Å². The highest BCUT2D eigenvalue weighted by Crippen LogP contribution is 2.24. The van der Waals surface area contributed by atoms with E-state index in [4.69, 9.17) is 4.74 Å². The third-order valence-corrected chi connectivity index (χ3v) is 4.04. The van der Waals surface area contributed by atoms with Gasteiger partial charge in [0.1, 0.15) is 5.82 Å². The number of aromatic amines is 1. The molecule has 3 aromatic rings. The number of amides is 1. The molecule has 0 saturated heterocycles. The molecular formula is C17H23N7O2. The van der Waals surface area contributed by atoms with Gasteiger partial charge in [0.25, 0.3) is 5.91 Å². The molecule has 0 bridgehead atoms. The molecule has 0 atom stereocenters. The fourth-order valence-electron chi connectivity index (χ4n) is 2.92. The number of nitrogens with one attached hydrogen (secondary N) is 1. The van der Waals surface area contributed by atoms with Crippen molar-refractivity contribution in [2.45, 2.75) is 33.7 Å². The van der Waals surface area contributed by atoms with Crippen molar-refractivity contribution in [3.8, 4) is 5.82 Å². The summed E-state index contributed by atoms with van der Waals surface area (Å²) in [5.74, 6) is 1.19. The molecule has 26 heavy (non-hydrogen) atoms. The maximum Gasteiger partial charge on any atom is 0.275 e. The Morgan fingerprint density at radius 2 is 2.12 bits per heavy atom. The van der Waals surface area contributed by atoms with Gasteiger partial charge in [-0.2, -0.15) is 10.2 Å². The van der Waals surface area contributed by atoms with Gasteiger partial charge in [-0.1, -0.05) is 13.8 Å². The zero-order chi connectivity index (χ0) is 18.7. The Morgan fingerprint density at radius 3 is 2.85 bits per heavy atom. The fraction of sp³-hybridized carbons (Fsp3) is 0.471. The van der Waals surface area contributed by atoms with Crippen LogP contribution < -0.4 is 0 Å². The first kappa shape index (κ1) is 18.0. The van der Waals surface area contributed by atoms with E-state index in [1.165, 1.54) is 0 Å². The quantitative estimate of drug-likeness (QED) is 0.699. The van der Waals surface area contributed by atoms with E-state index in [-0.39, 0.29) is 5.91 Å². The van der Waals surface area contributed by atoms with Gasteiger partial charge in [0, 0.05) is 38.6 Å². The lowest BCUT2D eigenvalue weighted by Crippen LogP contribution is -2.26. The topological polar surface area (TPSA) is 102 Å². The average Bonchev–Trinajstić information content (AvgIpc) is 3.33. The number of nitrogens with zero attached hydrogens (tertiary/aromatic N) is 6. The van der Waals surface area contributed by atoms with E-state index in [1.807, 2.05) is 27.0 Å². The number of rotatable bonds is 5. The zero-order valence-corrected chi connectivity index (χ0v) is 15.5. The van der Waals surface area contributed by atoms with Crippen molar-refractivity contribution in [2.75, 3.05) is 20.3 Å². The fourth-order valence-corrected chi connectivity index (χ4v) is 2.92. The summed E-state index contributed by atoms with van der Waals surface area (Å²) < 4.78 is 6.68. The SMILES string of the molecule is CC.COCCCN1Cc2cn(-c3nc(C)nc4[nH]ncc34)nc2C1=O. The standard InChI is InChI=1S/C15H17N7O2.C2H6/c1-9-17-13-11(6-16-19-13)14(18-9)22-8-10-7-21(4-3-5-24-2)15(23)12(10)20-22;1-2/h6,8H,3-5,7H2,1-2H3,(H,16,17,18,19);1-2H3. The van der Waals surface area contributed by atoms with Crippen LogP contribution in [0.5, 0.6) is 0 Å². The Hall–Kier alpha value is -2.81. The van der Waals surface area contributed by atoms with Gasteiger partial charge < -0.3 is 9.64 Å². The van der Waals surface area contributed by atoms with Crippen molar-refractivity contribution in [3.63, 3.8) is 0 Å². The number of carbonyl (C=O) groups is 1. The van der Waals surface area contributed by atoms with Crippen LogP contribution in [0.1, 0.15) is 42.1 Å². The van der Waals surface area contributed by atoms with E-state index in [1.54, 1.807) is 22.9 Å². The molecule has 0 saturated carbocycles. The monoisotopic (exact) mass is 357 g/mol. The van der Waals surface area contributed by atoms with Gasteiger partial charge in [-0.3, -0.25) is 9.89 Å². The number of carbonyl (C=O) groups excluding carboxylic acids is 1. The highest BCUT2D eigenvalue weighted by atomic mass is 16.5. The van der Waals surface area contributed by atoms with Gasteiger partial charge >= 0.3 is 0 Å². The maximum absolute atomic E-state index is 12.5. The van der Waals surface area contributed by atoms with Crippen LogP contribution in [0, 0.1) is 6.92 Å². The van der Waals surface area contributed by atoms with Gasteiger partial charge in [0.15, 0.2) is 17.2 Å². The highest BCUT2D eigenvalue weighted by Gasteiger charge is 2.31. The molecule has 0 radical (unpaired) electrons. The highest BCUT2D eigenvalue weighted by molar-refractivity contribution is 5.96. The van der Waals surface area contributed by atoms with E-state index >= 15 is 0 Å². The maximum atomic E-state index is 12.5. The molecule has 0 spiro atoms. The number of aromatic nitrogens is 6. The summed E-state index contributed by atoms with van der Waals surface area (Å²) >= 11 is 0. The molecule has 4 rings (SSSR count). The normalized spacial score (nSPS) is 13.1. The number of methoxy groups -OCH3 is 1. The summed E-state index contributed by atoms with van der Waals surface area (Å²) in [6.45, 7) is 7.68. The minimum Gasteiger partial charge on any atom is -0.385 e. The third-order valence-electron chi connectivity index (χ3n) is 4.04. The van der Waals surface area contributed by atoms with Crippen molar-refractivity contribution in [1.29, 1.82) is 0 Å². The van der Waals surface area contributed by atoms with Gasteiger partial charge in [0.05, 0.1) is 11.6 Å². The Labute approximate surface area is 151 Å². The van der Waals surface area contributed by atoms with Gasteiger partial charge in [-0.15, -0.1) is 0 Å². The van der Waals surface area contributed by atoms with E-state index in [0.717, 1.165) is 17.4 Å². The predicted molar refractivity (Wildman–Crippen MR) is 96.1 cm³/mol. The van der Waals surface area contributed by atoms with E-state index in [9.17, 15) is 4.79 Å². The Bertz CT molecular complexity index is 915. The first-order valence-electron chi connectivity index (χ1n) is 8.72. The summed E-state index contributed by atoms with van der Waals surface area (Å²) in [5, 5.41) is 12.1. The molecule has 0 unspecified atom stereocenters. The van der Waals surface area contributed by atoms with Crippen LogP contribution in [0.4, 0.5) is 0 Å². The largest absolute Gasteiger partial charge is 0.385 e. The average molecular weight is 357 g/mol. The molecule has 1 N–H and O–H groups in total. The Balaban J connectivity index is 0.000000948. The van der Waals surface area contributed by atoms with Crippen molar-refractivity contribution in [2.24, 2.45) is 0 Å². The number of hydrogen-bond acceptors (Lipinski definition) is 6. The molecule has 0 aliphatic carbocycles. The van der Waals surface area contributed by atoms with Gasteiger partial charge in [-0.05, 0) is 13.3 Å². The third kappa shape index (κ3) is 3.17. The van der Waals surface area contributed by atoms with Crippen molar-refractivity contribution in [1.82, 2.24) is 34.8 Å². The first-order chi connectivity index (χ1) is 12.7. The summed E-state index contributed by atoms with van der Waals surface area (Å²) in [7, 11) is 1.66. The molecule has 0 fully saturated rings. The number of fused-ring (bicyclic) bond motifs is 2. The Kier molecular flexibility index (Phi) is 5.27. The number of ether oxygens (including phenoxy) is 1. The second-order valence-corrected chi connectivity index (χ2v) is 5.75. The summed E-state index contributed by atoms with van der Waals surface area (Å²) in [5.41, 5.74) is 2.05. The molecule has 3 aromatic heterocycles. The molecular weight excluding hydrogens is 334 g/mol.